The first-order valence-electron chi connectivity index (χ1n) is 3.83. The van der Waals surface area contributed by atoms with Gasteiger partial charge >= 0.3 is 0 Å². The third-order valence-electron chi connectivity index (χ3n) is 0.750. The van der Waals surface area contributed by atoms with Crippen molar-refractivity contribution in [2.75, 3.05) is 19.8 Å². The van der Waals surface area contributed by atoms with Gasteiger partial charge in [-0.1, -0.05) is 27.7 Å². The summed E-state index contributed by atoms with van der Waals surface area (Å²) < 4.78 is 0. The molecule has 0 amide bonds. The minimum Gasteiger partial charge on any atom is -0.305 e. The van der Waals surface area contributed by atoms with E-state index in [2.05, 4.69) is 24.5 Å². The molecule has 0 spiro atoms. The van der Waals surface area contributed by atoms with Crippen molar-refractivity contribution >= 4 is 0 Å². The van der Waals surface area contributed by atoms with Crippen LogP contribution in [0.15, 0.2) is 0 Å². The minimum absolute atomic E-state index is 0.938. The summed E-state index contributed by atoms with van der Waals surface area (Å²) in [5.41, 5.74) is 0. The summed E-state index contributed by atoms with van der Waals surface area (Å²) in [7, 11) is 0. The fraction of sp³-hybridized carbons (Fsp3) is 1.00. The maximum atomic E-state index is 3.14. The highest BCUT2D eigenvalue weighted by molar-refractivity contribution is 4.36. The molecule has 0 fully saturated rings. The summed E-state index contributed by atoms with van der Waals surface area (Å²) in [4.78, 5) is 0. The van der Waals surface area contributed by atoms with Crippen molar-refractivity contribution in [2.24, 2.45) is 0 Å². The van der Waals surface area contributed by atoms with Gasteiger partial charge in [0.25, 0.3) is 0 Å². The Balaban J connectivity index is 0. The molecule has 0 aromatic heterocycles. The van der Waals surface area contributed by atoms with E-state index in [1.165, 1.54) is 0 Å². The van der Waals surface area contributed by atoms with Gasteiger partial charge in [-0.2, -0.15) is 0 Å². The Kier molecular flexibility index (Phi) is 20.3. The first kappa shape index (κ1) is 11.7. The highest BCUT2D eigenvalue weighted by Gasteiger charge is 1.73. The van der Waals surface area contributed by atoms with Crippen molar-refractivity contribution in [2.45, 2.75) is 27.7 Å². The van der Waals surface area contributed by atoms with Crippen LogP contribution in [0.4, 0.5) is 0 Å². The van der Waals surface area contributed by atoms with Crippen LogP contribution in [-0.2, 0) is 0 Å². The Morgan fingerprint density at radius 3 is 1.44 bits per heavy atom. The quantitative estimate of drug-likeness (QED) is 0.443. The fourth-order valence-electron chi connectivity index (χ4n) is 0.338. The summed E-state index contributed by atoms with van der Waals surface area (Å²) in [6.45, 7) is 11.2. The van der Waals surface area contributed by atoms with Crippen LogP contribution in [0.5, 0.6) is 0 Å². The van der Waals surface area contributed by atoms with E-state index >= 15 is 0 Å². The van der Waals surface area contributed by atoms with Gasteiger partial charge in [0, 0.05) is 6.67 Å². The van der Waals surface area contributed by atoms with Gasteiger partial charge in [0.05, 0.1) is 0 Å². The zero-order valence-corrected chi connectivity index (χ0v) is 7.12. The van der Waals surface area contributed by atoms with Crippen LogP contribution in [0.25, 0.3) is 0 Å². The second-order valence-electron chi connectivity index (χ2n) is 1.38. The lowest BCUT2D eigenvalue weighted by Crippen LogP contribution is -2.28. The number of rotatable bonds is 4. The summed E-state index contributed by atoms with van der Waals surface area (Å²) in [6, 6.07) is 0. The topological polar surface area (TPSA) is 24.1 Å². The predicted octanol–water partition coefficient (Wildman–Crippen LogP) is 1.19. The molecule has 0 heterocycles. The molecule has 0 unspecified atom stereocenters. The zero-order chi connectivity index (χ0) is 7.54. The number of hydrogen-bond acceptors (Lipinski definition) is 2. The Labute approximate surface area is 59.0 Å². The molecule has 2 heteroatoms. The summed E-state index contributed by atoms with van der Waals surface area (Å²) in [5, 5.41) is 6.28. The molecule has 0 rings (SSSR count). The number of hydrogen-bond donors (Lipinski definition) is 2. The number of nitrogens with one attached hydrogen (secondary N) is 2. The molecule has 0 atom stereocenters. The van der Waals surface area contributed by atoms with Crippen LogP contribution < -0.4 is 10.6 Å². The second kappa shape index (κ2) is 15.7. The van der Waals surface area contributed by atoms with Crippen LogP contribution in [0.1, 0.15) is 27.7 Å². The molecule has 0 aromatic carbocycles. The van der Waals surface area contributed by atoms with Crippen molar-refractivity contribution in [3.63, 3.8) is 0 Å². The monoisotopic (exact) mass is 132 g/mol. The summed E-state index contributed by atoms with van der Waals surface area (Å²) >= 11 is 0. The third kappa shape index (κ3) is 18.1. The Morgan fingerprint density at radius 1 is 0.889 bits per heavy atom. The molecule has 0 aliphatic rings. The second-order valence-corrected chi connectivity index (χ2v) is 1.38. The lowest BCUT2D eigenvalue weighted by molar-refractivity contribution is 0.616. The average molecular weight is 132 g/mol. The Bertz CT molecular complexity index is 26.1. The van der Waals surface area contributed by atoms with Gasteiger partial charge < -0.3 is 10.6 Å². The lowest BCUT2D eigenvalue weighted by Gasteiger charge is -1.98. The molecule has 0 aliphatic carbocycles. The maximum absolute atomic E-state index is 3.14. The fourth-order valence-corrected chi connectivity index (χ4v) is 0.338. The van der Waals surface area contributed by atoms with Crippen molar-refractivity contribution in [3.8, 4) is 0 Å². The van der Waals surface area contributed by atoms with Gasteiger partial charge in [0.2, 0.25) is 0 Å². The van der Waals surface area contributed by atoms with Crippen molar-refractivity contribution in [3.05, 3.63) is 0 Å². The molecular formula is C7H20N2. The van der Waals surface area contributed by atoms with Crippen molar-refractivity contribution in [1.29, 1.82) is 0 Å². The molecular weight excluding hydrogens is 112 g/mol. The SMILES string of the molecule is CC.CCNCNCC. The molecule has 0 aromatic rings. The van der Waals surface area contributed by atoms with Gasteiger partial charge in [-0.3, -0.25) is 0 Å². The van der Waals surface area contributed by atoms with Crippen LogP contribution in [0, 0.1) is 0 Å². The normalized spacial score (nSPS) is 8.00. The van der Waals surface area contributed by atoms with Gasteiger partial charge in [-0.15, -0.1) is 0 Å². The van der Waals surface area contributed by atoms with Crippen molar-refractivity contribution in [1.82, 2.24) is 10.6 Å². The van der Waals surface area contributed by atoms with Gasteiger partial charge in [0.1, 0.15) is 0 Å². The maximum Gasteiger partial charge on any atom is 0.0454 e. The molecule has 0 bridgehead atoms. The summed E-state index contributed by atoms with van der Waals surface area (Å²) in [5.74, 6) is 0. The standard InChI is InChI=1S/C5H14N2.C2H6/c1-3-6-5-7-4-2;1-2/h6-7H,3-5H2,1-2H3;1-2H3. The largest absolute Gasteiger partial charge is 0.305 e. The smallest absolute Gasteiger partial charge is 0.0454 e. The molecule has 2 nitrogen and oxygen atoms in total. The van der Waals surface area contributed by atoms with E-state index in [-0.39, 0.29) is 0 Å². The van der Waals surface area contributed by atoms with Crippen LogP contribution in [-0.4, -0.2) is 19.8 Å². The van der Waals surface area contributed by atoms with Gasteiger partial charge in [0.15, 0.2) is 0 Å². The van der Waals surface area contributed by atoms with E-state index in [1.807, 2.05) is 13.8 Å². The van der Waals surface area contributed by atoms with Crippen LogP contribution in [0.2, 0.25) is 0 Å². The van der Waals surface area contributed by atoms with Crippen molar-refractivity contribution < 1.29 is 0 Å². The molecule has 0 saturated heterocycles. The molecule has 0 saturated carbocycles. The summed E-state index contributed by atoms with van der Waals surface area (Å²) in [6.07, 6.45) is 0. The van der Waals surface area contributed by atoms with Crippen LogP contribution >= 0.6 is 0 Å². The molecule has 2 N–H and O–H groups in total. The molecule has 0 aliphatic heterocycles. The Hall–Kier alpha value is -0.0800. The minimum atomic E-state index is 0.938. The third-order valence-corrected chi connectivity index (χ3v) is 0.750. The first-order valence-corrected chi connectivity index (χ1v) is 3.83. The van der Waals surface area contributed by atoms with E-state index in [0.29, 0.717) is 0 Å². The average Bonchev–Trinajstić information content (AvgIpc) is 1.94. The highest BCUT2D eigenvalue weighted by atomic mass is 15.0. The van der Waals surface area contributed by atoms with Crippen LogP contribution in [0.3, 0.4) is 0 Å². The highest BCUT2D eigenvalue weighted by Crippen LogP contribution is 1.50. The van der Waals surface area contributed by atoms with E-state index in [9.17, 15) is 0 Å². The van der Waals surface area contributed by atoms with Gasteiger partial charge in [-0.25, -0.2) is 0 Å². The lowest BCUT2D eigenvalue weighted by atomic mass is 10.7. The van der Waals surface area contributed by atoms with E-state index in [0.717, 1.165) is 19.8 Å². The molecule has 9 heavy (non-hydrogen) atoms. The van der Waals surface area contributed by atoms with E-state index in [1.54, 1.807) is 0 Å². The molecule has 0 radical (unpaired) electrons. The van der Waals surface area contributed by atoms with Gasteiger partial charge in [-0.05, 0) is 13.1 Å². The Morgan fingerprint density at radius 2 is 1.22 bits per heavy atom. The molecule has 58 valence electrons. The predicted molar refractivity (Wildman–Crippen MR) is 43.6 cm³/mol. The first-order chi connectivity index (χ1) is 4.41. The van der Waals surface area contributed by atoms with E-state index in [4.69, 9.17) is 0 Å². The zero-order valence-electron chi connectivity index (χ0n) is 7.12. The van der Waals surface area contributed by atoms with E-state index < -0.39 is 0 Å².